The van der Waals surface area contributed by atoms with Gasteiger partial charge in [-0.3, -0.25) is 0 Å². The number of nitrogens with two attached hydrogens (primary N) is 1. The number of carboxylic acid groups (broad SMARTS) is 1. The van der Waals surface area contributed by atoms with E-state index in [4.69, 9.17) is 16.0 Å². The van der Waals surface area contributed by atoms with Gasteiger partial charge in [-0.05, 0) is 19.3 Å². The number of hydrogen-bond acceptors (Lipinski definition) is 3. The first kappa shape index (κ1) is 10.6. The Morgan fingerprint density at radius 1 is 1.71 bits per heavy atom. The van der Waals surface area contributed by atoms with Gasteiger partial charge in [0.15, 0.2) is 0 Å². The number of amidine groups is 1. The molecule has 0 aromatic rings. The second-order valence-corrected chi connectivity index (χ2v) is 3.68. The van der Waals surface area contributed by atoms with Crippen molar-refractivity contribution in [1.29, 1.82) is 0 Å². The molecule has 1 heterocycles. The molecule has 1 aliphatic rings. The smallest absolute Gasteiger partial charge is 0.407 e. The summed E-state index contributed by atoms with van der Waals surface area (Å²) in [5.74, 6) is 0.325. The Labute approximate surface area is 82.0 Å². The molecule has 1 amide bonds. The van der Waals surface area contributed by atoms with Gasteiger partial charge in [0.05, 0.1) is 0 Å². The molecule has 6 nitrogen and oxygen atoms in total. The van der Waals surface area contributed by atoms with Crippen LogP contribution in [-0.4, -0.2) is 39.7 Å². The van der Waals surface area contributed by atoms with Crippen LogP contribution in [0.25, 0.3) is 0 Å². The van der Waals surface area contributed by atoms with Crippen LogP contribution in [0.3, 0.4) is 0 Å². The molecule has 0 aromatic carbocycles. The van der Waals surface area contributed by atoms with Crippen molar-refractivity contribution in [3.63, 3.8) is 0 Å². The van der Waals surface area contributed by atoms with Crippen LogP contribution in [0.1, 0.15) is 19.8 Å². The van der Waals surface area contributed by atoms with E-state index in [0.717, 1.165) is 6.42 Å². The van der Waals surface area contributed by atoms with Crippen LogP contribution in [0.2, 0.25) is 0 Å². The van der Waals surface area contributed by atoms with E-state index in [1.54, 1.807) is 0 Å². The molecule has 0 aromatic heterocycles. The maximum atomic E-state index is 10.7. The van der Waals surface area contributed by atoms with Crippen LogP contribution >= 0.6 is 0 Å². The molecular weight excluding hydrogens is 186 g/mol. The van der Waals surface area contributed by atoms with Crippen LogP contribution in [-0.2, 0) is 0 Å². The minimum absolute atomic E-state index is 0.0176. The van der Waals surface area contributed by atoms with Crippen LogP contribution in [0, 0.1) is 5.92 Å². The molecule has 6 heteroatoms. The van der Waals surface area contributed by atoms with E-state index in [2.05, 4.69) is 5.16 Å². The van der Waals surface area contributed by atoms with E-state index in [0.29, 0.717) is 13.0 Å². The lowest BCUT2D eigenvalue weighted by molar-refractivity contribution is 0.142. The number of carbonyl (C=O) groups is 1. The van der Waals surface area contributed by atoms with E-state index in [-0.39, 0.29) is 17.8 Å². The average Bonchev–Trinajstić information content (AvgIpc) is 2.46. The Morgan fingerprint density at radius 3 is 2.79 bits per heavy atom. The molecule has 1 saturated heterocycles. The fourth-order valence-corrected chi connectivity index (χ4v) is 1.89. The number of amides is 1. The highest BCUT2D eigenvalue weighted by atomic mass is 16.4. The SMILES string of the molecule is C[C@H]1CC(C/C(N)=N/O)CN1C(=O)O. The molecule has 1 aliphatic heterocycles. The molecule has 14 heavy (non-hydrogen) atoms. The number of nitrogens with zero attached hydrogens (tertiary/aromatic N) is 2. The number of hydrogen-bond donors (Lipinski definition) is 3. The van der Waals surface area contributed by atoms with Crippen molar-refractivity contribution in [1.82, 2.24) is 4.90 Å². The van der Waals surface area contributed by atoms with Crippen molar-refractivity contribution in [3.05, 3.63) is 0 Å². The molecule has 4 N–H and O–H groups in total. The second kappa shape index (κ2) is 4.17. The molecule has 0 radical (unpaired) electrons. The van der Waals surface area contributed by atoms with E-state index < -0.39 is 6.09 Å². The Bertz CT molecular complexity index is 254. The molecule has 0 saturated carbocycles. The van der Waals surface area contributed by atoms with E-state index in [9.17, 15) is 4.79 Å². The van der Waals surface area contributed by atoms with Crippen molar-refractivity contribution in [2.24, 2.45) is 16.8 Å². The Hall–Kier alpha value is -1.46. The van der Waals surface area contributed by atoms with Gasteiger partial charge in [0, 0.05) is 19.0 Å². The minimum Gasteiger partial charge on any atom is -0.465 e. The summed E-state index contributed by atoms with van der Waals surface area (Å²) in [7, 11) is 0. The first-order chi connectivity index (χ1) is 6.54. The molecular formula is C8H15N3O3. The lowest BCUT2D eigenvalue weighted by Crippen LogP contribution is -2.32. The number of likely N-dealkylation sites (tertiary alicyclic amines) is 1. The molecule has 0 aliphatic carbocycles. The van der Waals surface area contributed by atoms with Crippen LogP contribution in [0.5, 0.6) is 0 Å². The monoisotopic (exact) mass is 201 g/mol. The van der Waals surface area contributed by atoms with Crippen molar-refractivity contribution in [3.8, 4) is 0 Å². The summed E-state index contributed by atoms with van der Waals surface area (Å²) in [5, 5.41) is 20.1. The Kier molecular flexibility index (Phi) is 3.16. The molecule has 2 atom stereocenters. The third-order valence-electron chi connectivity index (χ3n) is 2.53. The summed E-state index contributed by atoms with van der Waals surface area (Å²) in [4.78, 5) is 12.1. The van der Waals surface area contributed by atoms with Gasteiger partial charge >= 0.3 is 6.09 Å². The third-order valence-corrected chi connectivity index (χ3v) is 2.53. The fraction of sp³-hybridized carbons (Fsp3) is 0.750. The highest BCUT2D eigenvalue weighted by Gasteiger charge is 2.32. The van der Waals surface area contributed by atoms with Crippen LogP contribution in [0.4, 0.5) is 4.79 Å². The zero-order valence-corrected chi connectivity index (χ0v) is 8.05. The second-order valence-electron chi connectivity index (χ2n) is 3.68. The summed E-state index contributed by atoms with van der Waals surface area (Å²) < 4.78 is 0. The summed E-state index contributed by atoms with van der Waals surface area (Å²) in [5.41, 5.74) is 5.35. The molecule has 1 unspecified atom stereocenters. The van der Waals surface area contributed by atoms with Crippen molar-refractivity contribution in [2.45, 2.75) is 25.8 Å². The predicted octanol–water partition coefficient (Wildman–Crippen LogP) is 0.511. The van der Waals surface area contributed by atoms with Gasteiger partial charge in [0.25, 0.3) is 0 Å². The van der Waals surface area contributed by atoms with E-state index in [1.807, 2.05) is 6.92 Å². The fourth-order valence-electron chi connectivity index (χ4n) is 1.89. The topological polar surface area (TPSA) is 99.2 Å². The van der Waals surface area contributed by atoms with Gasteiger partial charge < -0.3 is 20.9 Å². The number of rotatable bonds is 2. The molecule has 0 spiro atoms. The molecule has 0 bridgehead atoms. The predicted molar refractivity (Wildman–Crippen MR) is 50.3 cm³/mol. The van der Waals surface area contributed by atoms with Gasteiger partial charge in [0.2, 0.25) is 0 Å². The molecule has 1 fully saturated rings. The van der Waals surface area contributed by atoms with Crippen molar-refractivity contribution < 1.29 is 15.1 Å². The quantitative estimate of drug-likeness (QED) is 0.262. The maximum Gasteiger partial charge on any atom is 0.407 e. The normalized spacial score (nSPS) is 28.1. The van der Waals surface area contributed by atoms with Gasteiger partial charge in [-0.2, -0.15) is 0 Å². The molecule has 1 rings (SSSR count). The highest BCUT2D eigenvalue weighted by molar-refractivity contribution is 5.80. The van der Waals surface area contributed by atoms with Gasteiger partial charge in [0.1, 0.15) is 5.84 Å². The Morgan fingerprint density at radius 2 is 2.36 bits per heavy atom. The lowest BCUT2D eigenvalue weighted by atomic mass is 10.0. The third kappa shape index (κ3) is 2.27. The number of oxime groups is 1. The van der Waals surface area contributed by atoms with E-state index >= 15 is 0 Å². The van der Waals surface area contributed by atoms with Crippen LogP contribution in [0.15, 0.2) is 5.16 Å². The lowest BCUT2D eigenvalue weighted by Gasteiger charge is -2.16. The maximum absolute atomic E-state index is 10.7. The van der Waals surface area contributed by atoms with Crippen LogP contribution < -0.4 is 5.73 Å². The van der Waals surface area contributed by atoms with Crippen molar-refractivity contribution in [2.75, 3.05) is 6.54 Å². The minimum atomic E-state index is -0.903. The summed E-state index contributed by atoms with van der Waals surface area (Å²) in [6, 6.07) is 0.0176. The summed E-state index contributed by atoms with van der Waals surface area (Å²) >= 11 is 0. The highest BCUT2D eigenvalue weighted by Crippen LogP contribution is 2.25. The summed E-state index contributed by atoms with van der Waals surface area (Å²) in [6.07, 6.45) is 0.312. The summed E-state index contributed by atoms with van der Waals surface area (Å²) in [6.45, 7) is 2.33. The zero-order chi connectivity index (χ0) is 10.7. The van der Waals surface area contributed by atoms with Crippen molar-refractivity contribution >= 4 is 11.9 Å². The Balaban J connectivity index is 2.51. The molecule has 80 valence electrons. The first-order valence-electron chi connectivity index (χ1n) is 4.50. The first-order valence-corrected chi connectivity index (χ1v) is 4.50. The van der Waals surface area contributed by atoms with E-state index in [1.165, 1.54) is 4.90 Å². The van der Waals surface area contributed by atoms with Gasteiger partial charge in [-0.15, -0.1) is 0 Å². The largest absolute Gasteiger partial charge is 0.465 e. The van der Waals surface area contributed by atoms with Gasteiger partial charge in [-0.1, -0.05) is 5.16 Å². The standard InChI is InChI=1S/C8H15N3O3/c1-5-2-6(3-7(9)10-14)4-11(5)8(12)13/h5-6,14H,2-4H2,1H3,(H2,9,10)(H,12,13)/t5-,6?/m0/s1. The average molecular weight is 201 g/mol. The van der Waals surface area contributed by atoms with Gasteiger partial charge in [-0.25, -0.2) is 4.79 Å². The zero-order valence-electron chi connectivity index (χ0n) is 8.05.